The van der Waals surface area contributed by atoms with Gasteiger partial charge >= 0.3 is 6.36 Å². The number of anilines is 1. The summed E-state index contributed by atoms with van der Waals surface area (Å²) in [5.74, 6) is -1.72. The van der Waals surface area contributed by atoms with Crippen molar-refractivity contribution in [1.82, 2.24) is 15.3 Å². The molecule has 0 atom stereocenters. The number of carbonyl (C=O) groups excluding carboxylic acids is 1. The van der Waals surface area contributed by atoms with Crippen molar-refractivity contribution in [2.45, 2.75) is 19.7 Å². The number of nitrogen functional groups attached to an aromatic ring is 1. The number of alkyl halides is 3. The molecule has 8 nitrogen and oxygen atoms in total. The summed E-state index contributed by atoms with van der Waals surface area (Å²) in [5, 5.41) is 7.28. The molecule has 0 fully saturated rings. The number of rotatable bonds is 4. The van der Waals surface area contributed by atoms with Crippen LogP contribution < -0.4 is 16.2 Å². The summed E-state index contributed by atoms with van der Waals surface area (Å²) in [6, 6.07) is 3.61. The number of pyridine rings is 1. The predicted molar refractivity (Wildman–Crippen MR) is 83.2 cm³/mol. The number of halogens is 3. The Labute approximate surface area is 143 Å². The van der Waals surface area contributed by atoms with E-state index in [0.717, 1.165) is 6.07 Å². The summed E-state index contributed by atoms with van der Waals surface area (Å²) in [6.45, 7) is 1.69. The van der Waals surface area contributed by atoms with Crippen molar-refractivity contribution in [3.05, 3.63) is 40.6 Å². The number of aryl methyl sites for hydroxylation is 1. The fraction of sp³-hybridized carbons (Fsp3) is 0.200. The Morgan fingerprint density at radius 1 is 1.31 bits per heavy atom. The van der Waals surface area contributed by atoms with Gasteiger partial charge in [-0.15, -0.1) is 13.2 Å². The van der Waals surface area contributed by atoms with E-state index in [4.69, 9.17) is 11.5 Å². The Kier molecular flexibility index (Phi) is 4.14. The van der Waals surface area contributed by atoms with E-state index in [1.807, 2.05) is 0 Å². The van der Waals surface area contributed by atoms with E-state index in [-0.39, 0.29) is 23.3 Å². The average molecular weight is 367 g/mol. The monoisotopic (exact) mass is 367 g/mol. The highest BCUT2D eigenvalue weighted by Crippen LogP contribution is 2.30. The summed E-state index contributed by atoms with van der Waals surface area (Å²) in [5.41, 5.74) is 13.2. The Bertz CT molecular complexity index is 1000. The average Bonchev–Trinajstić information content (AvgIpc) is 2.99. The molecule has 0 spiro atoms. The Hall–Kier alpha value is -3.37. The fourth-order valence-corrected chi connectivity index (χ4v) is 2.51. The molecule has 3 rings (SSSR count). The highest BCUT2D eigenvalue weighted by Gasteiger charge is 2.32. The van der Waals surface area contributed by atoms with E-state index >= 15 is 0 Å². The molecule has 0 saturated carbocycles. The van der Waals surface area contributed by atoms with Gasteiger partial charge in [-0.3, -0.25) is 4.79 Å². The number of fused-ring (bicyclic) bond motifs is 1. The van der Waals surface area contributed by atoms with Crippen molar-refractivity contribution in [1.29, 1.82) is 0 Å². The van der Waals surface area contributed by atoms with Crippen LogP contribution >= 0.6 is 0 Å². The standard InChI is InChI=1S/C15H12F3N5O3/c1-6-8(11(19)12-14(21-6)23-26-22-12)4-7-2-3-10(25-15(16,17)18)9(5-7)13(20)24/h2-3,5H,4,19H2,1H3,(H2,20,24). The molecule has 2 heterocycles. The third kappa shape index (κ3) is 3.36. The maximum atomic E-state index is 12.4. The largest absolute Gasteiger partial charge is 0.573 e. The number of nitrogens with zero attached hydrogens (tertiary/aromatic N) is 3. The van der Waals surface area contributed by atoms with Crippen LogP contribution in [0.1, 0.15) is 27.2 Å². The molecular formula is C15H12F3N5O3. The fourth-order valence-electron chi connectivity index (χ4n) is 2.51. The number of carbonyl (C=O) groups is 1. The smallest absolute Gasteiger partial charge is 0.405 e. The molecule has 0 bridgehead atoms. The maximum absolute atomic E-state index is 12.4. The molecule has 0 aliphatic rings. The van der Waals surface area contributed by atoms with Gasteiger partial charge in [-0.1, -0.05) is 6.07 Å². The third-order valence-electron chi connectivity index (χ3n) is 3.68. The van der Waals surface area contributed by atoms with Crippen molar-refractivity contribution in [2.75, 3.05) is 5.73 Å². The van der Waals surface area contributed by atoms with Crippen molar-refractivity contribution in [2.24, 2.45) is 5.73 Å². The second kappa shape index (κ2) is 6.17. The lowest BCUT2D eigenvalue weighted by atomic mass is 9.99. The normalized spacial score (nSPS) is 11.7. The molecule has 3 aromatic rings. The van der Waals surface area contributed by atoms with Crippen LogP contribution in [-0.4, -0.2) is 27.6 Å². The Balaban J connectivity index is 2.01. The number of amides is 1. The lowest BCUT2D eigenvalue weighted by molar-refractivity contribution is -0.274. The molecule has 0 radical (unpaired) electrons. The van der Waals surface area contributed by atoms with Crippen molar-refractivity contribution < 1.29 is 27.3 Å². The van der Waals surface area contributed by atoms with Gasteiger partial charge in [0.2, 0.25) is 5.65 Å². The molecular weight excluding hydrogens is 355 g/mol. The first-order chi connectivity index (χ1) is 12.2. The zero-order valence-corrected chi connectivity index (χ0v) is 13.3. The SMILES string of the molecule is Cc1nc2nonc2c(N)c1Cc1ccc(OC(F)(F)F)c(C(N)=O)c1. The van der Waals surface area contributed by atoms with Crippen LogP contribution in [0, 0.1) is 6.92 Å². The van der Waals surface area contributed by atoms with E-state index in [1.165, 1.54) is 12.1 Å². The Morgan fingerprint density at radius 2 is 2.04 bits per heavy atom. The first kappa shape index (κ1) is 17.5. The van der Waals surface area contributed by atoms with Crippen LogP contribution in [0.2, 0.25) is 0 Å². The minimum Gasteiger partial charge on any atom is -0.405 e. The molecule has 4 N–H and O–H groups in total. The first-order valence-corrected chi connectivity index (χ1v) is 7.21. The second-order valence-corrected chi connectivity index (χ2v) is 5.45. The molecule has 11 heteroatoms. The lowest BCUT2D eigenvalue weighted by Gasteiger charge is -2.14. The van der Waals surface area contributed by atoms with Crippen LogP contribution in [0.15, 0.2) is 22.8 Å². The second-order valence-electron chi connectivity index (χ2n) is 5.45. The predicted octanol–water partition coefficient (Wildman–Crippen LogP) is 2.10. The highest BCUT2D eigenvalue weighted by atomic mass is 19.4. The van der Waals surface area contributed by atoms with Crippen molar-refractivity contribution >= 4 is 22.8 Å². The number of aromatic nitrogens is 3. The first-order valence-electron chi connectivity index (χ1n) is 7.21. The van der Waals surface area contributed by atoms with Crippen molar-refractivity contribution in [3.63, 3.8) is 0 Å². The van der Waals surface area contributed by atoms with Gasteiger partial charge in [0.05, 0.1) is 11.3 Å². The van der Waals surface area contributed by atoms with Gasteiger partial charge in [0.25, 0.3) is 5.91 Å². The molecule has 1 aromatic carbocycles. The quantitative estimate of drug-likeness (QED) is 0.722. The highest BCUT2D eigenvalue weighted by molar-refractivity contribution is 5.96. The molecule has 0 saturated heterocycles. The minimum atomic E-state index is -4.94. The van der Waals surface area contributed by atoms with Gasteiger partial charge in [0, 0.05) is 17.7 Å². The summed E-state index contributed by atoms with van der Waals surface area (Å²) in [4.78, 5) is 15.7. The van der Waals surface area contributed by atoms with Gasteiger partial charge in [-0.05, 0) is 34.9 Å². The Morgan fingerprint density at radius 3 is 2.69 bits per heavy atom. The maximum Gasteiger partial charge on any atom is 0.573 e. The molecule has 0 aliphatic heterocycles. The van der Waals surface area contributed by atoms with Crippen LogP contribution in [0.4, 0.5) is 18.9 Å². The number of benzene rings is 1. The summed E-state index contributed by atoms with van der Waals surface area (Å²) >= 11 is 0. The van der Waals surface area contributed by atoms with Crippen LogP contribution in [0.3, 0.4) is 0 Å². The van der Waals surface area contributed by atoms with Crippen LogP contribution in [-0.2, 0) is 6.42 Å². The zero-order valence-electron chi connectivity index (χ0n) is 13.3. The van der Waals surface area contributed by atoms with E-state index in [0.29, 0.717) is 16.8 Å². The van der Waals surface area contributed by atoms with Gasteiger partial charge in [0.15, 0.2) is 5.52 Å². The summed E-state index contributed by atoms with van der Waals surface area (Å²) in [6.07, 6.45) is -4.76. The number of ether oxygens (including phenoxy) is 1. The molecule has 0 aliphatic carbocycles. The summed E-state index contributed by atoms with van der Waals surface area (Å²) < 4.78 is 45.7. The van der Waals surface area contributed by atoms with E-state index in [9.17, 15) is 18.0 Å². The van der Waals surface area contributed by atoms with Crippen molar-refractivity contribution in [3.8, 4) is 5.75 Å². The van der Waals surface area contributed by atoms with E-state index in [2.05, 4.69) is 24.7 Å². The number of nitrogens with two attached hydrogens (primary N) is 2. The lowest BCUT2D eigenvalue weighted by Crippen LogP contribution is -2.21. The molecule has 0 unspecified atom stereocenters. The zero-order chi connectivity index (χ0) is 19.1. The van der Waals surface area contributed by atoms with Gasteiger partial charge in [-0.25, -0.2) is 9.61 Å². The third-order valence-corrected chi connectivity index (χ3v) is 3.68. The molecule has 2 aromatic heterocycles. The topological polar surface area (TPSA) is 130 Å². The van der Waals surface area contributed by atoms with Crippen LogP contribution in [0.5, 0.6) is 5.75 Å². The molecule has 26 heavy (non-hydrogen) atoms. The molecule has 1 amide bonds. The number of hydrogen-bond acceptors (Lipinski definition) is 7. The summed E-state index contributed by atoms with van der Waals surface area (Å²) in [7, 11) is 0. The minimum absolute atomic E-state index is 0.181. The van der Waals surface area contributed by atoms with E-state index < -0.39 is 23.6 Å². The van der Waals surface area contributed by atoms with Crippen LogP contribution in [0.25, 0.3) is 11.2 Å². The molecule has 136 valence electrons. The number of hydrogen-bond donors (Lipinski definition) is 2. The van der Waals surface area contributed by atoms with Gasteiger partial charge in [0.1, 0.15) is 5.75 Å². The number of primary amides is 1. The van der Waals surface area contributed by atoms with E-state index in [1.54, 1.807) is 6.92 Å². The van der Waals surface area contributed by atoms with Gasteiger partial charge < -0.3 is 16.2 Å². The van der Waals surface area contributed by atoms with Gasteiger partial charge in [-0.2, -0.15) is 0 Å².